The number of carbonyl (C=O) groups is 1. The molecule has 124 valence electrons. The van der Waals surface area contributed by atoms with Crippen LogP contribution in [0.4, 0.5) is 0 Å². The number of ether oxygens (including phenoxy) is 1. The molecule has 3 N–H and O–H groups in total. The van der Waals surface area contributed by atoms with Crippen LogP contribution in [0.15, 0.2) is 41.7 Å². The van der Waals surface area contributed by atoms with Gasteiger partial charge in [0, 0.05) is 17.6 Å². The van der Waals surface area contributed by atoms with E-state index in [0.717, 1.165) is 10.9 Å². The number of carbonyl (C=O) groups excluding carboxylic acids is 2. The van der Waals surface area contributed by atoms with E-state index < -0.39 is 11.7 Å². The lowest BCUT2D eigenvalue weighted by Gasteiger charge is -2.23. The molecule has 1 aliphatic rings. The van der Waals surface area contributed by atoms with Gasteiger partial charge in [0.05, 0.1) is 12.7 Å². The van der Waals surface area contributed by atoms with Crippen LogP contribution in [0.2, 0.25) is 0 Å². The molecule has 7 heteroatoms. The normalized spacial score (nSPS) is 20.2. The fraction of sp³-hybridized carbons (Fsp3) is 0.235. The van der Waals surface area contributed by atoms with Gasteiger partial charge in [-0.15, -0.1) is 0 Å². The number of fused-ring (bicyclic) bond motifs is 1. The van der Waals surface area contributed by atoms with Gasteiger partial charge in [0.2, 0.25) is 11.5 Å². The van der Waals surface area contributed by atoms with E-state index in [1.807, 2.05) is 24.3 Å². The lowest BCUT2D eigenvalue weighted by Crippen LogP contribution is -2.29. The molecule has 0 bridgehead atoms. The largest absolute Gasteiger partial charge is 0.446 e. The Hall–Kier alpha value is -2.86. The number of benzene rings is 1. The summed E-state index contributed by atoms with van der Waals surface area (Å²) in [6, 6.07) is 9.28. The first-order valence-corrected chi connectivity index (χ1v) is 7.37. The zero-order chi connectivity index (χ0) is 17.3. The van der Waals surface area contributed by atoms with E-state index >= 15 is 0 Å². The number of aromatic amines is 1. The maximum atomic E-state index is 12.3. The molecule has 1 amide bonds. The molecule has 7 nitrogen and oxygen atoms in total. The zero-order valence-corrected chi connectivity index (χ0v) is 13.2. The lowest BCUT2D eigenvalue weighted by atomic mass is 9.96. The zero-order valence-electron chi connectivity index (χ0n) is 13.2. The molecule has 0 saturated carbocycles. The van der Waals surface area contributed by atoms with Crippen molar-refractivity contribution < 1.29 is 24.3 Å². The number of H-pyrrole nitrogens is 1. The standard InChI is InChI=1S/C17H16N2O5/c1-3-17(22)15(12-8-10-6-4-5-7-11(10)18-12)14(13(9-20)24-17)16(21)19-23-2/h4-8,18,22H,3H2,1-2H3,(H,19,21). The molecule has 1 aromatic carbocycles. The predicted molar refractivity (Wildman–Crippen MR) is 85.9 cm³/mol. The molecular weight excluding hydrogens is 312 g/mol. The van der Waals surface area contributed by atoms with E-state index in [2.05, 4.69) is 15.3 Å². The molecule has 1 aliphatic heterocycles. The molecule has 2 heterocycles. The first kappa shape index (κ1) is 16.0. The summed E-state index contributed by atoms with van der Waals surface area (Å²) >= 11 is 0. The average molecular weight is 328 g/mol. The smallest absolute Gasteiger partial charge is 0.280 e. The van der Waals surface area contributed by atoms with Gasteiger partial charge in [-0.1, -0.05) is 25.1 Å². The van der Waals surface area contributed by atoms with E-state index in [0.29, 0.717) is 5.69 Å². The molecule has 1 unspecified atom stereocenters. The van der Waals surface area contributed by atoms with Crippen molar-refractivity contribution in [2.45, 2.75) is 19.1 Å². The van der Waals surface area contributed by atoms with Gasteiger partial charge in [0.25, 0.3) is 5.91 Å². The number of para-hydroxylation sites is 1. The Balaban J connectivity index is 2.28. The number of aromatic nitrogens is 1. The fourth-order valence-electron chi connectivity index (χ4n) is 2.81. The molecule has 0 radical (unpaired) electrons. The molecule has 1 atom stereocenters. The summed E-state index contributed by atoms with van der Waals surface area (Å²) in [5.74, 6) is -1.30. The van der Waals surface area contributed by atoms with Crippen molar-refractivity contribution in [3.63, 3.8) is 0 Å². The lowest BCUT2D eigenvalue weighted by molar-refractivity contribution is -0.128. The highest BCUT2D eigenvalue weighted by molar-refractivity contribution is 6.09. The molecule has 0 spiro atoms. The van der Waals surface area contributed by atoms with Gasteiger partial charge in [-0.3, -0.25) is 9.63 Å². The molecule has 0 fully saturated rings. The Morgan fingerprint density at radius 2 is 2.21 bits per heavy atom. The van der Waals surface area contributed by atoms with Crippen LogP contribution in [-0.4, -0.2) is 34.8 Å². The highest BCUT2D eigenvalue weighted by Gasteiger charge is 2.47. The van der Waals surface area contributed by atoms with Crippen LogP contribution in [0.3, 0.4) is 0 Å². The molecule has 0 aliphatic carbocycles. The number of aliphatic hydroxyl groups is 1. The number of amides is 1. The maximum Gasteiger partial charge on any atom is 0.280 e. The SMILES string of the molecule is CCC1(O)OC(=C=O)C(C(=O)NOC)=C1c1cc2ccccc2[nH]1. The van der Waals surface area contributed by atoms with Crippen molar-refractivity contribution in [3.05, 3.63) is 47.4 Å². The van der Waals surface area contributed by atoms with E-state index in [-0.39, 0.29) is 23.3 Å². The quantitative estimate of drug-likeness (QED) is 0.582. The Kier molecular flexibility index (Phi) is 3.99. The van der Waals surface area contributed by atoms with E-state index in [4.69, 9.17) is 4.74 Å². The van der Waals surface area contributed by atoms with Gasteiger partial charge in [0.1, 0.15) is 5.57 Å². The molecule has 24 heavy (non-hydrogen) atoms. The second-order valence-electron chi connectivity index (χ2n) is 5.33. The summed E-state index contributed by atoms with van der Waals surface area (Å²) in [5, 5.41) is 11.7. The molecule has 0 saturated heterocycles. The molecular formula is C17H16N2O5. The van der Waals surface area contributed by atoms with E-state index in [9.17, 15) is 14.7 Å². The Morgan fingerprint density at radius 3 is 2.83 bits per heavy atom. The summed E-state index contributed by atoms with van der Waals surface area (Å²) < 4.78 is 5.33. The minimum absolute atomic E-state index is 0.109. The Bertz CT molecular complexity index is 858. The summed E-state index contributed by atoms with van der Waals surface area (Å²) in [5.41, 5.74) is 3.52. The summed E-state index contributed by atoms with van der Waals surface area (Å²) in [7, 11) is 1.27. The third kappa shape index (κ3) is 2.41. The second-order valence-corrected chi connectivity index (χ2v) is 5.33. The topological polar surface area (TPSA) is 101 Å². The van der Waals surface area contributed by atoms with Gasteiger partial charge in [-0.2, -0.15) is 0 Å². The maximum absolute atomic E-state index is 12.3. The van der Waals surface area contributed by atoms with Crippen LogP contribution in [0.1, 0.15) is 19.0 Å². The van der Waals surface area contributed by atoms with Crippen molar-refractivity contribution in [3.8, 4) is 0 Å². The highest BCUT2D eigenvalue weighted by atomic mass is 16.6. The van der Waals surface area contributed by atoms with Crippen LogP contribution >= 0.6 is 0 Å². The average Bonchev–Trinajstić information content (AvgIpc) is 3.13. The van der Waals surface area contributed by atoms with Crippen LogP contribution in [0.5, 0.6) is 0 Å². The van der Waals surface area contributed by atoms with E-state index in [1.165, 1.54) is 7.11 Å². The Morgan fingerprint density at radius 1 is 1.46 bits per heavy atom. The fourth-order valence-corrected chi connectivity index (χ4v) is 2.81. The van der Waals surface area contributed by atoms with Gasteiger partial charge < -0.3 is 14.8 Å². The monoisotopic (exact) mass is 328 g/mol. The first-order chi connectivity index (χ1) is 11.5. The molecule has 1 aromatic heterocycles. The van der Waals surface area contributed by atoms with Gasteiger partial charge >= 0.3 is 0 Å². The predicted octanol–water partition coefficient (Wildman–Crippen LogP) is 1.44. The number of hydroxylamine groups is 1. The van der Waals surface area contributed by atoms with Crippen LogP contribution in [0, 0.1) is 0 Å². The first-order valence-electron chi connectivity index (χ1n) is 7.37. The van der Waals surface area contributed by atoms with Crippen molar-refractivity contribution in [2.24, 2.45) is 0 Å². The van der Waals surface area contributed by atoms with Crippen LogP contribution in [-0.2, 0) is 19.2 Å². The van der Waals surface area contributed by atoms with Gasteiger partial charge in [-0.05, 0) is 17.5 Å². The van der Waals surface area contributed by atoms with E-state index in [1.54, 1.807) is 18.9 Å². The van der Waals surface area contributed by atoms with Crippen LogP contribution < -0.4 is 5.48 Å². The third-order valence-corrected chi connectivity index (χ3v) is 3.93. The molecule has 3 rings (SSSR count). The number of nitrogens with one attached hydrogen (secondary N) is 2. The van der Waals surface area contributed by atoms with Crippen LogP contribution in [0.25, 0.3) is 16.5 Å². The number of rotatable bonds is 4. The van der Waals surface area contributed by atoms with Crippen molar-refractivity contribution in [2.75, 3.05) is 7.11 Å². The number of hydrogen-bond acceptors (Lipinski definition) is 5. The highest BCUT2D eigenvalue weighted by Crippen LogP contribution is 2.44. The summed E-state index contributed by atoms with van der Waals surface area (Å²) in [4.78, 5) is 31.3. The summed E-state index contributed by atoms with van der Waals surface area (Å²) in [6.45, 7) is 1.68. The van der Waals surface area contributed by atoms with Crippen molar-refractivity contribution in [1.82, 2.24) is 10.5 Å². The number of hydrogen-bond donors (Lipinski definition) is 3. The molecule has 2 aromatic rings. The summed E-state index contributed by atoms with van der Waals surface area (Å²) in [6.07, 6.45) is 0.132. The Labute approximate surface area is 137 Å². The van der Waals surface area contributed by atoms with Gasteiger partial charge in [-0.25, -0.2) is 10.3 Å². The minimum atomic E-state index is -1.81. The minimum Gasteiger partial charge on any atom is -0.446 e. The van der Waals surface area contributed by atoms with Crippen molar-refractivity contribution >= 4 is 28.3 Å². The second kappa shape index (κ2) is 5.98. The van der Waals surface area contributed by atoms with Crippen molar-refractivity contribution in [1.29, 1.82) is 0 Å². The third-order valence-electron chi connectivity index (χ3n) is 3.93. The van der Waals surface area contributed by atoms with Gasteiger partial charge in [0.15, 0.2) is 5.94 Å².